The summed E-state index contributed by atoms with van der Waals surface area (Å²) in [4.78, 5) is 4.52. The van der Waals surface area contributed by atoms with Gasteiger partial charge in [-0.1, -0.05) is 13.8 Å². The smallest absolute Gasteiger partial charge is 0.142 e. The van der Waals surface area contributed by atoms with Crippen molar-refractivity contribution >= 4 is 11.5 Å². The normalized spacial score (nSPS) is 12.9. The lowest BCUT2D eigenvalue weighted by Crippen LogP contribution is -2.34. The molecular weight excluding hydrogens is 222 g/mol. The van der Waals surface area contributed by atoms with E-state index in [0.717, 1.165) is 43.2 Å². The van der Waals surface area contributed by atoms with Crippen LogP contribution in [0.2, 0.25) is 0 Å². The molecule has 1 aromatic rings. The van der Waals surface area contributed by atoms with Crippen molar-refractivity contribution in [2.75, 3.05) is 20.3 Å². The number of likely N-dealkylation sites (N-methyl/N-ethyl adjacent to an activating group) is 1. The van der Waals surface area contributed by atoms with Crippen molar-refractivity contribution in [1.82, 2.24) is 14.7 Å². The van der Waals surface area contributed by atoms with Crippen LogP contribution in [-0.2, 0) is 17.6 Å². The third-order valence-corrected chi connectivity index (χ3v) is 3.04. The Labute approximate surface area is 102 Å². The summed E-state index contributed by atoms with van der Waals surface area (Å²) in [5.74, 6) is 0.982. The molecule has 4 nitrogen and oxygen atoms in total. The van der Waals surface area contributed by atoms with Gasteiger partial charge in [0, 0.05) is 26.0 Å². The van der Waals surface area contributed by atoms with E-state index in [1.54, 1.807) is 7.11 Å². The molecule has 1 aromatic heterocycles. The largest absolute Gasteiger partial charge is 0.383 e. The van der Waals surface area contributed by atoms with Gasteiger partial charge in [0.1, 0.15) is 10.8 Å². The molecule has 1 N–H and O–H groups in total. The van der Waals surface area contributed by atoms with Gasteiger partial charge >= 0.3 is 0 Å². The number of nitrogens with one attached hydrogen (secondary N) is 1. The van der Waals surface area contributed by atoms with E-state index in [9.17, 15) is 0 Å². The summed E-state index contributed by atoms with van der Waals surface area (Å²) in [6.07, 6.45) is 2.99. The minimum Gasteiger partial charge on any atom is -0.383 e. The molecule has 92 valence electrons. The first-order valence-electron chi connectivity index (χ1n) is 5.83. The fourth-order valence-corrected chi connectivity index (χ4v) is 2.35. The van der Waals surface area contributed by atoms with E-state index in [1.165, 1.54) is 11.5 Å². The Morgan fingerprint density at radius 2 is 2.25 bits per heavy atom. The topological polar surface area (TPSA) is 47.0 Å². The molecule has 0 amide bonds. The van der Waals surface area contributed by atoms with Crippen molar-refractivity contribution in [2.24, 2.45) is 0 Å². The number of aromatic nitrogens is 2. The van der Waals surface area contributed by atoms with Gasteiger partial charge in [-0.3, -0.25) is 0 Å². The van der Waals surface area contributed by atoms with Crippen LogP contribution in [0.5, 0.6) is 0 Å². The maximum atomic E-state index is 5.18. The van der Waals surface area contributed by atoms with Gasteiger partial charge in [0.2, 0.25) is 0 Å². The standard InChI is InChI=1S/C11H21N3OS/c1-4-6-10-13-11(16-14-10)7-9(8-15-3)12-5-2/h9,12H,4-8H2,1-3H3. The van der Waals surface area contributed by atoms with Gasteiger partial charge in [-0.25, -0.2) is 4.98 Å². The molecule has 0 aliphatic carbocycles. The van der Waals surface area contributed by atoms with Crippen LogP contribution in [0.4, 0.5) is 0 Å². The molecule has 0 spiro atoms. The number of hydrogen-bond acceptors (Lipinski definition) is 5. The van der Waals surface area contributed by atoms with Crippen LogP contribution in [-0.4, -0.2) is 35.7 Å². The van der Waals surface area contributed by atoms with E-state index in [-0.39, 0.29) is 0 Å². The zero-order valence-corrected chi connectivity index (χ0v) is 11.1. The minimum atomic E-state index is 0.345. The quantitative estimate of drug-likeness (QED) is 0.754. The van der Waals surface area contributed by atoms with E-state index >= 15 is 0 Å². The summed E-state index contributed by atoms with van der Waals surface area (Å²) in [5, 5.41) is 4.49. The summed E-state index contributed by atoms with van der Waals surface area (Å²) in [6, 6.07) is 0.345. The zero-order chi connectivity index (χ0) is 11.8. The predicted octanol–water partition coefficient (Wildman–Crippen LogP) is 1.66. The lowest BCUT2D eigenvalue weighted by Gasteiger charge is -2.14. The molecular formula is C11H21N3OS. The van der Waals surface area contributed by atoms with Crippen LogP contribution in [0.3, 0.4) is 0 Å². The maximum Gasteiger partial charge on any atom is 0.142 e. The molecule has 0 fully saturated rings. The van der Waals surface area contributed by atoms with Crippen molar-refractivity contribution in [3.8, 4) is 0 Å². The molecule has 0 saturated carbocycles. The van der Waals surface area contributed by atoms with E-state index in [2.05, 4.69) is 28.5 Å². The minimum absolute atomic E-state index is 0.345. The monoisotopic (exact) mass is 243 g/mol. The SMILES string of the molecule is CCCc1nsc(CC(COC)NCC)n1. The van der Waals surface area contributed by atoms with Crippen LogP contribution in [0.15, 0.2) is 0 Å². The molecule has 0 aliphatic heterocycles. The molecule has 1 atom stereocenters. The number of hydrogen-bond donors (Lipinski definition) is 1. The van der Waals surface area contributed by atoms with Crippen molar-refractivity contribution in [3.63, 3.8) is 0 Å². The van der Waals surface area contributed by atoms with Gasteiger partial charge < -0.3 is 10.1 Å². The summed E-state index contributed by atoms with van der Waals surface area (Å²) in [6.45, 7) is 5.92. The zero-order valence-electron chi connectivity index (χ0n) is 10.3. The van der Waals surface area contributed by atoms with Crippen LogP contribution in [0, 0.1) is 0 Å². The number of nitrogens with zero attached hydrogens (tertiary/aromatic N) is 2. The van der Waals surface area contributed by atoms with Gasteiger partial charge in [0.05, 0.1) is 6.61 Å². The lowest BCUT2D eigenvalue weighted by molar-refractivity contribution is 0.167. The van der Waals surface area contributed by atoms with Crippen LogP contribution < -0.4 is 5.32 Å². The van der Waals surface area contributed by atoms with Gasteiger partial charge in [-0.15, -0.1) is 0 Å². The first-order chi connectivity index (χ1) is 7.80. The first-order valence-corrected chi connectivity index (χ1v) is 6.61. The average molecular weight is 243 g/mol. The number of rotatable bonds is 8. The van der Waals surface area contributed by atoms with E-state index in [0.29, 0.717) is 6.04 Å². The molecule has 0 radical (unpaired) electrons. The third-order valence-electron chi connectivity index (χ3n) is 2.27. The second-order valence-corrected chi connectivity index (χ2v) is 4.60. The fourth-order valence-electron chi connectivity index (χ4n) is 1.59. The second-order valence-electron chi connectivity index (χ2n) is 3.77. The highest BCUT2D eigenvalue weighted by molar-refractivity contribution is 7.05. The van der Waals surface area contributed by atoms with E-state index in [4.69, 9.17) is 4.74 Å². The van der Waals surface area contributed by atoms with E-state index in [1.807, 2.05) is 0 Å². The fraction of sp³-hybridized carbons (Fsp3) is 0.818. The second kappa shape index (κ2) is 7.70. The molecule has 0 saturated heterocycles. The molecule has 16 heavy (non-hydrogen) atoms. The summed E-state index contributed by atoms with van der Waals surface area (Å²) >= 11 is 1.51. The molecule has 5 heteroatoms. The lowest BCUT2D eigenvalue weighted by atomic mass is 10.2. The molecule has 1 rings (SSSR count). The Balaban J connectivity index is 2.48. The van der Waals surface area contributed by atoms with Gasteiger partial charge in [0.25, 0.3) is 0 Å². The Bertz CT molecular complexity index is 285. The summed E-state index contributed by atoms with van der Waals surface area (Å²) in [5.41, 5.74) is 0. The van der Waals surface area contributed by atoms with Crippen molar-refractivity contribution in [2.45, 2.75) is 39.2 Å². The number of ether oxygens (including phenoxy) is 1. The highest BCUT2D eigenvalue weighted by Crippen LogP contribution is 2.09. The van der Waals surface area contributed by atoms with Crippen molar-refractivity contribution in [1.29, 1.82) is 0 Å². The summed E-state index contributed by atoms with van der Waals surface area (Å²) in [7, 11) is 1.73. The predicted molar refractivity (Wildman–Crippen MR) is 66.9 cm³/mol. The van der Waals surface area contributed by atoms with Crippen molar-refractivity contribution in [3.05, 3.63) is 10.8 Å². The van der Waals surface area contributed by atoms with Crippen LogP contribution >= 0.6 is 11.5 Å². The molecule has 1 heterocycles. The molecule has 1 unspecified atom stereocenters. The highest BCUT2D eigenvalue weighted by atomic mass is 32.1. The average Bonchev–Trinajstić information content (AvgIpc) is 2.67. The molecule has 0 bridgehead atoms. The first kappa shape index (κ1) is 13.5. The van der Waals surface area contributed by atoms with Crippen LogP contribution in [0.1, 0.15) is 31.1 Å². The van der Waals surface area contributed by atoms with Crippen LogP contribution in [0.25, 0.3) is 0 Å². The highest BCUT2D eigenvalue weighted by Gasteiger charge is 2.11. The Morgan fingerprint density at radius 3 is 2.88 bits per heavy atom. The number of aryl methyl sites for hydroxylation is 1. The van der Waals surface area contributed by atoms with E-state index < -0.39 is 0 Å². The van der Waals surface area contributed by atoms with Gasteiger partial charge in [-0.05, 0) is 24.5 Å². The van der Waals surface area contributed by atoms with Crippen molar-refractivity contribution < 1.29 is 4.74 Å². The maximum absolute atomic E-state index is 5.18. The molecule has 0 aliphatic rings. The number of methoxy groups -OCH3 is 1. The summed E-state index contributed by atoms with van der Waals surface area (Å²) < 4.78 is 9.52. The molecule has 0 aromatic carbocycles. The Morgan fingerprint density at radius 1 is 1.44 bits per heavy atom. The Hall–Kier alpha value is -0.520. The third kappa shape index (κ3) is 4.55. The van der Waals surface area contributed by atoms with Gasteiger partial charge in [0.15, 0.2) is 0 Å². The Kier molecular flexibility index (Phi) is 6.52. The van der Waals surface area contributed by atoms with Gasteiger partial charge in [-0.2, -0.15) is 4.37 Å².